The van der Waals surface area contributed by atoms with Crippen LogP contribution in [0.15, 0.2) is 18.3 Å². The number of methoxy groups -OCH3 is 2. The van der Waals surface area contributed by atoms with Gasteiger partial charge in [-0.3, -0.25) is 9.89 Å². The first kappa shape index (κ1) is 19.5. The molecule has 1 unspecified atom stereocenters. The normalized spacial score (nSPS) is 16.5. The Morgan fingerprint density at radius 3 is 2.80 bits per heavy atom. The Morgan fingerprint density at radius 2 is 2.07 bits per heavy atom. The van der Waals surface area contributed by atoms with Gasteiger partial charge in [-0.05, 0) is 0 Å². The summed E-state index contributed by atoms with van der Waals surface area (Å²) in [6.45, 7) is 0.330. The third kappa shape index (κ3) is 3.59. The quantitative estimate of drug-likeness (QED) is 0.485. The Balaban J connectivity index is 1.57. The Labute approximate surface area is 170 Å². The molecule has 0 aliphatic carbocycles. The number of H-pyrrole nitrogens is 2. The number of benzene rings is 1. The molecule has 0 bridgehead atoms. The van der Waals surface area contributed by atoms with Crippen LogP contribution in [0.2, 0.25) is 0 Å². The number of hydrogen-bond donors (Lipinski definition) is 4. The van der Waals surface area contributed by atoms with Crippen molar-refractivity contribution in [1.29, 1.82) is 0 Å². The van der Waals surface area contributed by atoms with Crippen LogP contribution in [0.5, 0.6) is 11.5 Å². The number of amides is 2. The van der Waals surface area contributed by atoms with Crippen molar-refractivity contribution in [3.8, 4) is 23.0 Å². The zero-order valence-electron chi connectivity index (χ0n) is 16.3. The molecule has 3 aromatic rings. The van der Waals surface area contributed by atoms with Crippen LogP contribution in [-0.4, -0.2) is 82.2 Å². The topological polar surface area (TPSA) is 155 Å². The van der Waals surface area contributed by atoms with E-state index in [2.05, 4.69) is 25.5 Å². The van der Waals surface area contributed by atoms with Crippen molar-refractivity contribution >= 4 is 28.7 Å². The van der Waals surface area contributed by atoms with Gasteiger partial charge in [0, 0.05) is 18.7 Å². The van der Waals surface area contributed by atoms with E-state index >= 15 is 0 Å². The number of fused-ring (bicyclic) bond motifs is 1. The monoisotopic (exact) mass is 416 g/mol. The summed E-state index contributed by atoms with van der Waals surface area (Å²) in [6.07, 6.45) is -0.561. The summed E-state index contributed by atoms with van der Waals surface area (Å²) < 4.78 is 16.0. The van der Waals surface area contributed by atoms with Crippen LogP contribution in [-0.2, 0) is 9.53 Å². The highest BCUT2D eigenvalue weighted by molar-refractivity contribution is 5.97. The maximum Gasteiger partial charge on any atom is 0.407 e. The first-order valence-corrected chi connectivity index (χ1v) is 9.06. The summed E-state index contributed by atoms with van der Waals surface area (Å²) in [5.41, 5.74) is 2.20. The van der Waals surface area contributed by atoms with Crippen molar-refractivity contribution < 1.29 is 28.9 Å². The largest absolute Gasteiger partial charge is 0.493 e. The number of carboxylic acid groups (broad SMARTS) is 1. The van der Waals surface area contributed by atoms with Gasteiger partial charge in [-0.15, -0.1) is 0 Å². The van der Waals surface area contributed by atoms with Gasteiger partial charge in [0.05, 0.1) is 50.3 Å². The first-order chi connectivity index (χ1) is 14.5. The minimum Gasteiger partial charge on any atom is -0.493 e. The molecule has 0 saturated carbocycles. The van der Waals surface area contributed by atoms with Gasteiger partial charge in [0.2, 0.25) is 0 Å². The van der Waals surface area contributed by atoms with Gasteiger partial charge in [-0.2, -0.15) is 5.10 Å². The number of carbonyl (C=O) groups is 2. The van der Waals surface area contributed by atoms with Gasteiger partial charge in [-0.1, -0.05) is 0 Å². The highest BCUT2D eigenvalue weighted by Crippen LogP contribution is 2.33. The van der Waals surface area contributed by atoms with Crippen molar-refractivity contribution in [2.24, 2.45) is 0 Å². The molecule has 30 heavy (non-hydrogen) atoms. The number of hydrogen-bond acceptors (Lipinski definition) is 7. The highest BCUT2D eigenvalue weighted by atomic mass is 16.5. The van der Waals surface area contributed by atoms with E-state index < -0.39 is 18.1 Å². The van der Waals surface area contributed by atoms with E-state index in [9.17, 15) is 9.59 Å². The van der Waals surface area contributed by atoms with Gasteiger partial charge in [-0.25, -0.2) is 9.78 Å². The molecule has 1 saturated heterocycles. The van der Waals surface area contributed by atoms with Gasteiger partial charge in [0.1, 0.15) is 5.69 Å². The Hall–Kier alpha value is -3.80. The summed E-state index contributed by atoms with van der Waals surface area (Å²) in [4.78, 5) is 32.6. The highest BCUT2D eigenvalue weighted by Gasteiger charge is 2.30. The molecular formula is C18H20N6O6. The minimum atomic E-state index is -1.09. The summed E-state index contributed by atoms with van der Waals surface area (Å²) in [6, 6.07) is 3.49. The third-order valence-electron chi connectivity index (χ3n) is 4.75. The van der Waals surface area contributed by atoms with E-state index in [1.165, 1.54) is 6.20 Å². The predicted octanol–water partition coefficient (Wildman–Crippen LogP) is 1.29. The van der Waals surface area contributed by atoms with E-state index in [-0.39, 0.29) is 19.7 Å². The van der Waals surface area contributed by atoms with E-state index in [0.29, 0.717) is 39.7 Å². The summed E-state index contributed by atoms with van der Waals surface area (Å²) in [5.74, 6) is 1.07. The molecule has 1 aliphatic rings. The molecule has 1 atom stereocenters. The first-order valence-electron chi connectivity index (χ1n) is 9.06. The SMILES string of the molecule is COc1cc2nc(-c3[nH]ncc3NC(=O)C3CN(C(=O)O)CCO3)[nH]c2cc1OC. The van der Waals surface area contributed by atoms with Crippen LogP contribution in [0, 0.1) is 0 Å². The number of morpholine rings is 1. The lowest BCUT2D eigenvalue weighted by atomic mass is 10.2. The number of aromatic amines is 2. The molecule has 3 heterocycles. The maximum atomic E-state index is 12.6. The van der Waals surface area contributed by atoms with Crippen molar-refractivity contribution in [3.63, 3.8) is 0 Å². The molecule has 1 aliphatic heterocycles. The number of nitrogens with zero attached hydrogens (tertiary/aromatic N) is 3. The second kappa shape index (κ2) is 7.91. The fraction of sp³-hybridized carbons (Fsp3) is 0.333. The van der Waals surface area contributed by atoms with E-state index in [1.54, 1.807) is 26.4 Å². The van der Waals surface area contributed by atoms with Crippen molar-refractivity contribution in [2.75, 3.05) is 39.2 Å². The Bertz CT molecular complexity index is 1050. The molecule has 0 spiro atoms. The average Bonchev–Trinajstić information content (AvgIpc) is 3.38. The van der Waals surface area contributed by atoms with Crippen LogP contribution < -0.4 is 14.8 Å². The molecule has 158 valence electrons. The van der Waals surface area contributed by atoms with Crippen LogP contribution in [0.4, 0.5) is 10.5 Å². The van der Waals surface area contributed by atoms with Gasteiger partial charge >= 0.3 is 6.09 Å². The zero-order valence-corrected chi connectivity index (χ0v) is 16.3. The molecule has 1 aromatic carbocycles. The molecule has 2 amide bonds. The number of imidazole rings is 1. The predicted molar refractivity (Wildman–Crippen MR) is 105 cm³/mol. The number of rotatable bonds is 5. The number of anilines is 1. The Morgan fingerprint density at radius 1 is 1.30 bits per heavy atom. The lowest BCUT2D eigenvalue weighted by Gasteiger charge is -2.30. The van der Waals surface area contributed by atoms with Crippen LogP contribution in [0.3, 0.4) is 0 Å². The summed E-state index contributed by atoms with van der Waals surface area (Å²) in [5, 5.41) is 18.6. The second-order valence-electron chi connectivity index (χ2n) is 6.55. The Kier molecular flexibility index (Phi) is 5.14. The van der Waals surface area contributed by atoms with Gasteiger partial charge in [0.25, 0.3) is 5.91 Å². The molecule has 12 nitrogen and oxygen atoms in total. The lowest BCUT2D eigenvalue weighted by Crippen LogP contribution is -2.49. The lowest BCUT2D eigenvalue weighted by molar-refractivity contribution is -0.131. The molecule has 1 fully saturated rings. The summed E-state index contributed by atoms with van der Waals surface area (Å²) >= 11 is 0. The standard InChI is InChI=1S/C18H20N6O6/c1-28-12-5-9-10(6-13(12)29-2)21-16(20-9)15-11(7-19-23-15)22-17(25)14-8-24(18(26)27)3-4-30-14/h5-7,14H,3-4,8H2,1-2H3,(H,19,23)(H,20,21)(H,22,25)(H,26,27). The van der Waals surface area contributed by atoms with Crippen molar-refractivity contribution in [1.82, 2.24) is 25.1 Å². The van der Waals surface area contributed by atoms with E-state index in [4.69, 9.17) is 19.3 Å². The molecule has 4 N–H and O–H groups in total. The molecule has 12 heteroatoms. The summed E-state index contributed by atoms with van der Waals surface area (Å²) in [7, 11) is 3.08. The zero-order chi connectivity index (χ0) is 21.3. The number of ether oxygens (including phenoxy) is 3. The van der Waals surface area contributed by atoms with Crippen molar-refractivity contribution in [3.05, 3.63) is 18.3 Å². The molecular weight excluding hydrogens is 396 g/mol. The van der Waals surface area contributed by atoms with E-state index in [1.807, 2.05) is 0 Å². The maximum absolute atomic E-state index is 12.6. The van der Waals surface area contributed by atoms with Gasteiger partial charge < -0.3 is 34.5 Å². The fourth-order valence-corrected chi connectivity index (χ4v) is 3.21. The van der Waals surface area contributed by atoms with Crippen LogP contribution in [0.25, 0.3) is 22.6 Å². The molecule has 4 rings (SSSR count). The fourth-order valence-electron chi connectivity index (χ4n) is 3.21. The number of carbonyl (C=O) groups excluding carboxylic acids is 1. The van der Waals surface area contributed by atoms with E-state index in [0.717, 1.165) is 4.90 Å². The van der Waals surface area contributed by atoms with Crippen LogP contribution >= 0.6 is 0 Å². The molecule has 2 aromatic heterocycles. The smallest absolute Gasteiger partial charge is 0.407 e. The average molecular weight is 416 g/mol. The molecule has 0 radical (unpaired) electrons. The number of aromatic nitrogens is 4. The van der Waals surface area contributed by atoms with Crippen molar-refractivity contribution in [2.45, 2.75) is 6.10 Å². The van der Waals surface area contributed by atoms with Gasteiger partial charge in [0.15, 0.2) is 23.4 Å². The number of nitrogens with one attached hydrogen (secondary N) is 3. The van der Waals surface area contributed by atoms with Crippen LogP contribution in [0.1, 0.15) is 0 Å². The third-order valence-corrected chi connectivity index (χ3v) is 4.75. The minimum absolute atomic E-state index is 0.0431. The second-order valence-corrected chi connectivity index (χ2v) is 6.55.